The third-order valence-electron chi connectivity index (χ3n) is 4.87. The molecule has 2 atom stereocenters. The molecule has 0 saturated carbocycles. The van der Waals surface area contributed by atoms with E-state index in [4.69, 9.17) is 11.6 Å². The van der Waals surface area contributed by atoms with Crippen molar-refractivity contribution in [2.45, 2.75) is 38.6 Å². The number of thiazole rings is 1. The van der Waals surface area contributed by atoms with E-state index in [0.29, 0.717) is 23.7 Å². The molecule has 2 unspecified atom stereocenters. The fraction of sp³-hybridized carbons (Fsp3) is 0.450. The number of amides is 2. The van der Waals surface area contributed by atoms with Gasteiger partial charge in [0.2, 0.25) is 5.91 Å². The first-order chi connectivity index (χ1) is 13.0. The summed E-state index contributed by atoms with van der Waals surface area (Å²) in [5, 5.41) is 6.32. The highest BCUT2D eigenvalue weighted by Gasteiger charge is 2.33. The lowest BCUT2D eigenvalue weighted by Crippen LogP contribution is -2.53. The first-order valence-electron chi connectivity index (χ1n) is 9.21. The molecule has 0 bridgehead atoms. The number of carbonyl (C=O) groups is 2. The van der Waals surface area contributed by atoms with E-state index < -0.39 is 6.04 Å². The fourth-order valence-electron chi connectivity index (χ4n) is 3.39. The Morgan fingerprint density at radius 1 is 1.33 bits per heavy atom. The lowest BCUT2D eigenvalue weighted by molar-refractivity contribution is -0.135. The van der Waals surface area contributed by atoms with Gasteiger partial charge in [0.1, 0.15) is 6.04 Å². The minimum atomic E-state index is -0.580. The minimum absolute atomic E-state index is 0.0239. The monoisotopic (exact) mass is 405 g/mol. The molecule has 5 nitrogen and oxygen atoms in total. The smallest absolute Gasteiger partial charge is 0.253 e. The average Bonchev–Trinajstić information content (AvgIpc) is 3.20. The zero-order valence-electron chi connectivity index (χ0n) is 15.5. The molecule has 1 aromatic carbocycles. The first-order valence-corrected chi connectivity index (χ1v) is 10.5. The molecule has 144 valence electrons. The van der Waals surface area contributed by atoms with Gasteiger partial charge in [0, 0.05) is 30.6 Å². The van der Waals surface area contributed by atoms with E-state index in [2.05, 4.69) is 10.3 Å². The number of nitrogens with one attached hydrogen (secondary N) is 1. The maximum atomic E-state index is 13.2. The number of rotatable bonds is 5. The largest absolute Gasteiger partial charge is 0.340 e. The highest BCUT2D eigenvalue weighted by molar-refractivity contribution is 7.09. The van der Waals surface area contributed by atoms with Gasteiger partial charge in [-0.15, -0.1) is 11.3 Å². The van der Waals surface area contributed by atoms with Crippen LogP contribution in [0.2, 0.25) is 5.02 Å². The van der Waals surface area contributed by atoms with Crippen LogP contribution in [0.1, 0.15) is 48.0 Å². The van der Waals surface area contributed by atoms with Crippen LogP contribution in [0.3, 0.4) is 0 Å². The summed E-state index contributed by atoms with van der Waals surface area (Å²) >= 11 is 7.76. The van der Waals surface area contributed by atoms with Crippen LogP contribution in [0.4, 0.5) is 0 Å². The predicted molar refractivity (Wildman–Crippen MR) is 108 cm³/mol. The number of likely N-dealkylation sites (tertiary alicyclic amines) is 1. The summed E-state index contributed by atoms with van der Waals surface area (Å²) < 4.78 is 0. The molecule has 1 saturated heterocycles. The van der Waals surface area contributed by atoms with E-state index in [1.807, 2.05) is 30.3 Å². The van der Waals surface area contributed by atoms with Crippen molar-refractivity contribution in [3.05, 3.63) is 51.4 Å². The van der Waals surface area contributed by atoms with E-state index >= 15 is 0 Å². The van der Waals surface area contributed by atoms with Gasteiger partial charge in [-0.1, -0.05) is 37.6 Å². The Kier molecular flexibility index (Phi) is 6.50. The summed E-state index contributed by atoms with van der Waals surface area (Å²) in [7, 11) is 0. The van der Waals surface area contributed by atoms with Gasteiger partial charge < -0.3 is 10.2 Å². The second-order valence-electron chi connectivity index (χ2n) is 7.17. The Labute approximate surface area is 168 Å². The normalized spacial score (nSPS) is 18.4. The Bertz CT molecular complexity index is 794. The van der Waals surface area contributed by atoms with E-state index in [0.717, 1.165) is 17.8 Å². The number of hydrogen-bond acceptors (Lipinski definition) is 4. The van der Waals surface area contributed by atoms with Gasteiger partial charge in [0.15, 0.2) is 0 Å². The van der Waals surface area contributed by atoms with Crippen molar-refractivity contribution in [1.29, 1.82) is 0 Å². The Balaban J connectivity index is 1.71. The maximum Gasteiger partial charge on any atom is 0.253 e. The first kappa shape index (κ1) is 19.8. The summed E-state index contributed by atoms with van der Waals surface area (Å²) in [5.41, 5.74) is 0.386. The molecule has 3 rings (SSSR count). The molecule has 1 aliphatic heterocycles. The standard InChI is InChI=1S/C20H24ClN3O2S/c1-13(2)17(23-18(25)15-7-3-4-8-16(15)21)20(26)24-10-5-6-14(12-24)19-22-9-11-27-19/h3-4,7-9,11,13-14,17H,5-6,10,12H2,1-2H3,(H,23,25). The van der Waals surface area contributed by atoms with Gasteiger partial charge in [-0.25, -0.2) is 4.98 Å². The zero-order valence-corrected chi connectivity index (χ0v) is 17.1. The lowest BCUT2D eigenvalue weighted by Gasteiger charge is -2.35. The van der Waals surface area contributed by atoms with E-state index in [9.17, 15) is 9.59 Å². The summed E-state index contributed by atoms with van der Waals surface area (Å²) in [5.74, 6) is -0.105. The number of nitrogens with zero attached hydrogens (tertiary/aromatic N) is 2. The third-order valence-corrected chi connectivity index (χ3v) is 6.14. The number of hydrogen-bond donors (Lipinski definition) is 1. The molecule has 2 amide bonds. The molecule has 1 N–H and O–H groups in total. The van der Waals surface area contributed by atoms with Crippen LogP contribution in [0, 0.1) is 5.92 Å². The highest BCUT2D eigenvalue weighted by Crippen LogP contribution is 2.29. The summed E-state index contributed by atoms with van der Waals surface area (Å²) in [6.45, 7) is 5.25. The molecule has 27 heavy (non-hydrogen) atoms. The number of halogens is 1. The fourth-order valence-corrected chi connectivity index (χ4v) is 4.38. The molecule has 7 heteroatoms. The summed E-state index contributed by atoms with van der Waals surface area (Å²) in [4.78, 5) is 32.1. The summed E-state index contributed by atoms with van der Waals surface area (Å²) in [6.07, 6.45) is 3.79. The van der Waals surface area contributed by atoms with Crippen molar-refractivity contribution in [2.24, 2.45) is 5.92 Å². The van der Waals surface area contributed by atoms with Gasteiger partial charge in [-0.3, -0.25) is 9.59 Å². The van der Waals surface area contributed by atoms with Crippen LogP contribution >= 0.6 is 22.9 Å². The van der Waals surface area contributed by atoms with E-state index in [-0.39, 0.29) is 23.7 Å². The van der Waals surface area contributed by atoms with Crippen molar-refractivity contribution in [1.82, 2.24) is 15.2 Å². The summed E-state index contributed by atoms with van der Waals surface area (Å²) in [6, 6.07) is 6.29. The van der Waals surface area contributed by atoms with Gasteiger partial charge in [0.05, 0.1) is 15.6 Å². The minimum Gasteiger partial charge on any atom is -0.340 e. The number of benzene rings is 1. The lowest BCUT2D eigenvalue weighted by atomic mass is 9.96. The highest BCUT2D eigenvalue weighted by atomic mass is 35.5. The second-order valence-corrected chi connectivity index (χ2v) is 8.50. The van der Waals surface area contributed by atoms with Gasteiger partial charge in [0.25, 0.3) is 5.91 Å². The van der Waals surface area contributed by atoms with Crippen LogP contribution in [0.15, 0.2) is 35.8 Å². The zero-order chi connectivity index (χ0) is 19.4. The Morgan fingerprint density at radius 3 is 2.78 bits per heavy atom. The van der Waals surface area contributed by atoms with Crippen molar-refractivity contribution >= 4 is 34.8 Å². The van der Waals surface area contributed by atoms with Gasteiger partial charge in [-0.2, -0.15) is 0 Å². The van der Waals surface area contributed by atoms with Crippen LogP contribution in [0.25, 0.3) is 0 Å². The molecule has 2 heterocycles. The van der Waals surface area contributed by atoms with Crippen LogP contribution in [-0.4, -0.2) is 40.8 Å². The molecule has 1 aliphatic rings. The van der Waals surface area contributed by atoms with Crippen LogP contribution < -0.4 is 5.32 Å². The quantitative estimate of drug-likeness (QED) is 0.818. The van der Waals surface area contributed by atoms with E-state index in [1.54, 1.807) is 35.6 Å². The van der Waals surface area contributed by atoms with Crippen molar-refractivity contribution in [3.8, 4) is 0 Å². The van der Waals surface area contributed by atoms with Crippen LogP contribution in [0.5, 0.6) is 0 Å². The SMILES string of the molecule is CC(C)C(NC(=O)c1ccccc1Cl)C(=O)N1CCCC(c2nccs2)C1. The van der Waals surface area contributed by atoms with Crippen molar-refractivity contribution < 1.29 is 9.59 Å². The second kappa shape index (κ2) is 8.85. The number of piperidine rings is 1. The third kappa shape index (κ3) is 4.68. The topological polar surface area (TPSA) is 62.3 Å². The predicted octanol–water partition coefficient (Wildman–Crippen LogP) is 3.96. The molecule has 1 fully saturated rings. The van der Waals surface area contributed by atoms with Crippen molar-refractivity contribution in [3.63, 3.8) is 0 Å². The average molecular weight is 406 g/mol. The molecule has 0 aliphatic carbocycles. The molecular formula is C20H24ClN3O2S. The van der Waals surface area contributed by atoms with Gasteiger partial charge in [-0.05, 0) is 30.9 Å². The van der Waals surface area contributed by atoms with Crippen molar-refractivity contribution in [2.75, 3.05) is 13.1 Å². The Hall–Kier alpha value is -1.92. The molecule has 0 spiro atoms. The maximum absolute atomic E-state index is 13.2. The van der Waals surface area contributed by atoms with Crippen LogP contribution in [-0.2, 0) is 4.79 Å². The molecule has 1 aromatic heterocycles. The molecule has 2 aromatic rings. The Morgan fingerprint density at radius 2 is 2.11 bits per heavy atom. The van der Waals surface area contributed by atoms with E-state index in [1.165, 1.54) is 0 Å². The number of aromatic nitrogens is 1. The number of carbonyl (C=O) groups excluding carboxylic acids is 2. The molecule has 0 radical (unpaired) electrons. The van der Waals surface area contributed by atoms with Gasteiger partial charge >= 0.3 is 0 Å². The molecular weight excluding hydrogens is 382 g/mol.